The summed E-state index contributed by atoms with van der Waals surface area (Å²) in [5, 5.41) is 18.2. The van der Waals surface area contributed by atoms with Crippen molar-refractivity contribution in [1.82, 2.24) is 0 Å². The van der Waals surface area contributed by atoms with Crippen LogP contribution in [0.3, 0.4) is 0 Å². The van der Waals surface area contributed by atoms with E-state index in [2.05, 4.69) is 9.69 Å². The maximum absolute atomic E-state index is 8.71. The van der Waals surface area contributed by atoms with Gasteiger partial charge >= 0.3 is 0 Å². The van der Waals surface area contributed by atoms with Crippen molar-refractivity contribution in [3.63, 3.8) is 0 Å². The molecule has 0 bridgehead atoms. The van der Waals surface area contributed by atoms with Gasteiger partial charge in [-0.1, -0.05) is 23.7 Å². The van der Waals surface area contributed by atoms with Gasteiger partial charge in [0.25, 0.3) is 11.4 Å². The molecule has 0 radical (unpaired) electrons. The first-order valence-corrected chi connectivity index (χ1v) is 4.65. The van der Waals surface area contributed by atoms with Gasteiger partial charge in [-0.25, -0.2) is 20.2 Å². The van der Waals surface area contributed by atoms with Crippen molar-refractivity contribution < 1.29 is 0 Å². The molecule has 4 nitrogen and oxygen atoms in total. The third-order valence-electron chi connectivity index (χ3n) is 1.93. The second kappa shape index (κ2) is 5.34. The Morgan fingerprint density at radius 3 is 2.12 bits per heavy atom. The number of nitrogens with zero attached hydrogens (tertiary/aromatic N) is 4. The fraction of sp³-hybridized carbons (Fsp3) is 0. The van der Waals surface area contributed by atoms with E-state index >= 15 is 0 Å². The quantitative estimate of drug-likeness (QED) is 0.642. The number of halogens is 1. The van der Waals surface area contributed by atoms with E-state index in [1.807, 2.05) is 0 Å². The molecule has 0 aromatic heterocycles. The Kier molecular flexibility index (Phi) is 3.86. The first-order valence-electron chi connectivity index (χ1n) is 4.27. The van der Waals surface area contributed by atoms with E-state index < -0.39 is 0 Å². The maximum atomic E-state index is 8.71. The topological polar surface area (TPSA) is 56.3 Å². The minimum absolute atomic E-state index is 0.0835. The number of benzene rings is 1. The van der Waals surface area contributed by atoms with Crippen molar-refractivity contribution in [2.75, 3.05) is 0 Å². The normalized spacial score (nSPS) is 12.3. The Morgan fingerprint density at radius 1 is 1.12 bits per heavy atom. The fourth-order valence-electron chi connectivity index (χ4n) is 1.15. The molecular formula is C12H3ClN4. The highest BCUT2D eigenvalue weighted by Gasteiger charge is 2.01. The molecule has 0 spiro atoms. The largest absolute Gasteiger partial charge is 0.270 e. The van der Waals surface area contributed by atoms with Crippen LogP contribution in [0.15, 0.2) is 18.2 Å². The monoisotopic (exact) mass is 238 g/mol. The highest BCUT2D eigenvalue weighted by atomic mass is 35.5. The number of rotatable bonds is 0. The predicted octanol–water partition coefficient (Wildman–Crippen LogP) is 1.44. The van der Waals surface area contributed by atoms with Crippen LogP contribution >= 0.6 is 11.6 Å². The van der Waals surface area contributed by atoms with Crippen molar-refractivity contribution in [2.45, 2.75) is 0 Å². The van der Waals surface area contributed by atoms with Gasteiger partial charge in [-0.15, -0.1) is 0 Å². The number of nitriles is 2. The molecule has 0 fully saturated rings. The van der Waals surface area contributed by atoms with Gasteiger partial charge in [-0.2, -0.15) is 0 Å². The molecule has 17 heavy (non-hydrogen) atoms. The minimum Gasteiger partial charge on any atom is -0.226 e. The molecule has 1 aromatic carbocycles. The second-order valence-electron chi connectivity index (χ2n) is 2.84. The molecule has 0 aliphatic carbocycles. The lowest BCUT2D eigenvalue weighted by molar-refractivity contribution is 1.48. The highest BCUT2D eigenvalue weighted by molar-refractivity contribution is 6.30. The van der Waals surface area contributed by atoms with Crippen LogP contribution in [0.25, 0.3) is 21.1 Å². The van der Waals surface area contributed by atoms with E-state index in [0.717, 1.165) is 0 Å². The average molecular weight is 239 g/mol. The summed E-state index contributed by atoms with van der Waals surface area (Å²) >= 11 is 5.90. The van der Waals surface area contributed by atoms with Crippen molar-refractivity contribution in [3.8, 4) is 12.1 Å². The summed E-state index contributed by atoms with van der Waals surface area (Å²) in [5.41, 5.74) is -0.206. The van der Waals surface area contributed by atoms with Crippen molar-refractivity contribution in [1.29, 1.82) is 10.5 Å². The van der Waals surface area contributed by atoms with Crippen LogP contribution in [0.5, 0.6) is 0 Å². The van der Waals surface area contributed by atoms with Crippen LogP contribution in [0.2, 0.25) is 5.02 Å². The smallest absolute Gasteiger partial charge is 0.226 e. The van der Waals surface area contributed by atoms with Gasteiger partial charge in [0.15, 0.2) is 0 Å². The lowest BCUT2D eigenvalue weighted by atomic mass is 10.2. The lowest BCUT2D eigenvalue weighted by Gasteiger charge is -1.94. The summed E-state index contributed by atoms with van der Waals surface area (Å²) in [6.45, 7) is 13.6. The van der Waals surface area contributed by atoms with Crippen LogP contribution in [-0.2, 0) is 0 Å². The molecule has 0 saturated carbocycles. The zero-order valence-electron chi connectivity index (χ0n) is 8.40. The fourth-order valence-corrected chi connectivity index (χ4v) is 1.42. The van der Waals surface area contributed by atoms with Gasteiger partial charge < -0.3 is 0 Å². The molecule has 0 atom stereocenters. The molecule has 0 aliphatic heterocycles. The first-order chi connectivity index (χ1) is 8.17. The van der Waals surface area contributed by atoms with Gasteiger partial charge in [0.1, 0.15) is 0 Å². The molecule has 0 aliphatic rings. The third kappa shape index (κ3) is 2.42. The lowest BCUT2D eigenvalue weighted by Crippen LogP contribution is -2.12. The van der Waals surface area contributed by atoms with Gasteiger partial charge in [-0.3, -0.25) is 0 Å². The van der Waals surface area contributed by atoms with Crippen LogP contribution in [0, 0.1) is 35.8 Å². The zero-order valence-corrected chi connectivity index (χ0v) is 9.15. The molecule has 1 rings (SSSR count). The summed E-state index contributed by atoms with van der Waals surface area (Å²) in [5.74, 6) is 0. The van der Waals surface area contributed by atoms with Crippen molar-refractivity contribution in [3.05, 3.63) is 56.5 Å². The predicted molar refractivity (Wildman–Crippen MR) is 61.9 cm³/mol. The van der Waals surface area contributed by atoms with Crippen LogP contribution in [0.1, 0.15) is 0 Å². The van der Waals surface area contributed by atoms with Crippen molar-refractivity contribution >= 4 is 23.0 Å². The Bertz CT molecular complexity index is 716. The summed E-state index contributed by atoms with van der Waals surface area (Å²) < 4.78 is 0. The van der Waals surface area contributed by atoms with Gasteiger partial charge in [-0.05, 0) is 11.3 Å². The summed E-state index contributed by atoms with van der Waals surface area (Å²) in [6, 6.07) is 7.82. The van der Waals surface area contributed by atoms with Gasteiger partial charge in [0.2, 0.25) is 0 Å². The number of hydrogen-bond donors (Lipinski definition) is 0. The summed E-state index contributed by atoms with van der Waals surface area (Å²) in [4.78, 5) is 6.09. The molecule has 0 N–H and O–H groups in total. The maximum Gasteiger partial charge on any atom is 0.270 e. The van der Waals surface area contributed by atoms with E-state index in [1.165, 1.54) is 18.2 Å². The van der Waals surface area contributed by atoms with Crippen LogP contribution in [0.4, 0.5) is 0 Å². The number of hydrogen-bond acceptors (Lipinski definition) is 2. The van der Waals surface area contributed by atoms with Gasteiger partial charge in [0.05, 0.1) is 25.3 Å². The highest BCUT2D eigenvalue weighted by Crippen LogP contribution is 2.02. The Labute approximate surface area is 103 Å². The average Bonchev–Trinajstić information content (AvgIpc) is 2.34. The van der Waals surface area contributed by atoms with Crippen LogP contribution < -0.4 is 10.4 Å². The van der Waals surface area contributed by atoms with E-state index in [0.29, 0.717) is 10.4 Å². The van der Waals surface area contributed by atoms with E-state index in [-0.39, 0.29) is 16.4 Å². The zero-order chi connectivity index (χ0) is 12.8. The minimum atomic E-state index is -0.122. The summed E-state index contributed by atoms with van der Waals surface area (Å²) in [7, 11) is 0. The third-order valence-corrected chi connectivity index (χ3v) is 2.25. The molecule has 0 amide bonds. The molecule has 0 unspecified atom stereocenters. The Hall–Kier alpha value is -2.79. The Morgan fingerprint density at radius 2 is 1.71 bits per heavy atom. The standard InChI is InChI=1S/C12H3ClN4/c1-16-11(6-14)8-3-4-9(10(13)5-8)12(7-15)17-2/h3-5H/b11-8-,12-9-. The first kappa shape index (κ1) is 12.3. The van der Waals surface area contributed by atoms with Crippen LogP contribution in [-0.4, -0.2) is 0 Å². The van der Waals surface area contributed by atoms with E-state index in [9.17, 15) is 0 Å². The van der Waals surface area contributed by atoms with Crippen molar-refractivity contribution in [2.24, 2.45) is 0 Å². The molecule has 0 saturated heterocycles. The molecular weight excluding hydrogens is 236 g/mol. The molecule has 1 aromatic rings. The molecule has 5 heteroatoms. The molecule has 78 valence electrons. The molecule has 0 heterocycles. The van der Waals surface area contributed by atoms with E-state index in [1.54, 1.807) is 12.1 Å². The van der Waals surface area contributed by atoms with Gasteiger partial charge in [0, 0.05) is 10.2 Å². The SMILES string of the molecule is [C-]#[N+]/C(C#N)=c1/cc/c(=C(\C#N)[N+]#[C-])c(Cl)c1. The summed E-state index contributed by atoms with van der Waals surface area (Å²) in [6.07, 6.45) is 0. The van der Waals surface area contributed by atoms with E-state index in [4.69, 9.17) is 35.3 Å². The Balaban J connectivity index is 3.78. The second-order valence-corrected chi connectivity index (χ2v) is 3.25.